The van der Waals surface area contributed by atoms with E-state index < -0.39 is 6.10 Å². The van der Waals surface area contributed by atoms with Gasteiger partial charge in [0.05, 0.1) is 11.4 Å². The number of nitrogens with zero attached hydrogens (tertiary/aromatic N) is 3. The van der Waals surface area contributed by atoms with Crippen molar-refractivity contribution < 1.29 is 14.3 Å². The highest BCUT2D eigenvalue weighted by atomic mass is 32.1. The molecule has 0 saturated heterocycles. The van der Waals surface area contributed by atoms with Crippen LogP contribution in [0, 0.1) is 0 Å². The number of carbonyl (C=O) groups is 2. The SMILES string of the molecule is CC1Oc2ccc(-c3csc(-c4ccccc4)n3)cc2N(CC(=O)Nc2nccs2)C1=O. The number of thiazole rings is 2. The Hall–Kier alpha value is -3.56. The van der Waals surface area contributed by atoms with Crippen molar-refractivity contribution in [3.63, 3.8) is 0 Å². The monoisotopic (exact) mass is 462 g/mol. The Morgan fingerprint density at radius 1 is 1.16 bits per heavy atom. The number of aromatic nitrogens is 2. The van der Waals surface area contributed by atoms with Crippen molar-refractivity contribution in [2.75, 3.05) is 16.8 Å². The fourth-order valence-corrected chi connectivity index (χ4v) is 4.82. The van der Waals surface area contributed by atoms with E-state index in [0.29, 0.717) is 16.6 Å². The largest absolute Gasteiger partial charge is 0.479 e. The summed E-state index contributed by atoms with van der Waals surface area (Å²) < 4.78 is 5.78. The van der Waals surface area contributed by atoms with Crippen molar-refractivity contribution in [3.8, 4) is 27.6 Å². The summed E-state index contributed by atoms with van der Waals surface area (Å²) in [6, 6.07) is 15.6. The first kappa shape index (κ1) is 20.3. The molecule has 1 atom stereocenters. The number of hydrogen-bond donors (Lipinski definition) is 1. The highest BCUT2D eigenvalue weighted by molar-refractivity contribution is 7.14. The maximum absolute atomic E-state index is 12.9. The van der Waals surface area contributed by atoms with Gasteiger partial charge in [0, 0.05) is 28.1 Å². The van der Waals surface area contributed by atoms with Gasteiger partial charge >= 0.3 is 0 Å². The molecule has 1 N–H and O–H groups in total. The summed E-state index contributed by atoms with van der Waals surface area (Å²) in [5.74, 6) is -0.0348. The Bertz CT molecular complexity index is 1270. The minimum absolute atomic E-state index is 0.130. The van der Waals surface area contributed by atoms with Crippen LogP contribution >= 0.6 is 22.7 Å². The number of hydrogen-bond acceptors (Lipinski definition) is 7. The van der Waals surface area contributed by atoms with Crippen LogP contribution in [-0.2, 0) is 9.59 Å². The second-order valence-electron chi connectivity index (χ2n) is 7.16. The zero-order valence-electron chi connectivity index (χ0n) is 17.0. The molecule has 5 rings (SSSR count). The average molecular weight is 463 g/mol. The number of ether oxygens (including phenoxy) is 1. The molecule has 1 unspecified atom stereocenters. The van der Waals surface area contributed by atoms with Gasteiger partial charge in [0.25, 0.3) is 5.91 Å². The van der Waals surface area contributed by atoms with E-state index >= 15 is 0 Å². The lowest BCUT2D eigenvalue weighted by molar-refractivity contribution is -0.127. The Morgan fingerprint density at radius 2 is 2.00 bits per heavy atom. The van der Waals surface area contributed by atoms with Crippen LogP contribution in [0.2, 0.25) is 0 Å². The maximum Gasteiger partial charge on any atom is 0.268 e. The predicted molar refractivity (Wildman–Crippen MR) is 126 cm³/mol. The summed E-state index contributed by atoms with van der Waals surface area (Å²) in [4.78, 5) is 35.7. The molecule has 0 bridgehead atoms. The second-order valence-corrected chi connectivity index (χ2v) is 8.91. The summed E-state index contributed by atoms with van der Waals surface area (Å²) in [5.41, 5.74) is 3.25. The van der Waals surface area contributed by atoms with Gasteiger partial charge < -0.3 is 10.1 Å². The van der Waals surface area contributed by atoms with Gasteiger partial charge in [0.2, 0.25) is 5.91 Å². The molecule has 0 saturated carbocycles. The van der Waals surface area contributed by atoms with E-state index in [-0.39, 0.29) is 18.4 Å². The van der Waals surface area contributed by atoms with Crippen LogP contribution < -0.4 is 15.0 Å². The summed E-state index contributed by atoms with van der Waals surface area (Å²) >= 11 is 2.88. The first-order valence-corrected chi connectivity index (χ1v) is 11.7. The Labute approximate surface area is 192 Å². The lowest BCUT2D eigenvalue weighted by Gasteiger charge is -2.32. The van der Waals surface area contributed by atoms with Gasteiger partial charge in [-0.1, -0.05) is 30.3 Å². The van der Waals surface area contributed by atoms with Crippen LogP contribution in [0.3, 0.4) is 0 Å². The van der Waals surface area contributed by atoms with Crippen molar-refractivity contribution in [1.82, 2.24) is 9.97 Å². The van der Waals surface area contributed by atoms with E-state index in [1.807, 2.05) is 53.9 Å². The Kier molecular flexibility index (Phi) is 5.42. The Balaban J connectivity index is 1.45. The molecule has 1 aliphatic rings. The van der Waals surface area contributed by atoms with Crippen LogP contribution in [0.5, 0.6) is 5.75 Å². The lowest BCUT2D eigenvalue weighted by Crippen LogP contribution is -2.47. The van der Waals surface area contributed by atoms with Crippen LogP contribution in [-0.4, -0.2) is 34.4 Å². The summed E-state index contributed by atoms with van der Waals surface area (Å²) in [5, 5.41) is 7.89. The molecule has 0 spiro atoms. The van der Waals surface area contributed by atoms with Crippen LogP contribution in [0.15, 0.2) is 65.5 Å². The number of anilines is 2. The summed E-state index contributed by atoms with van der Waals surface area (Å²) in [7, 11) is 0. The zero-order valence-corrected chi connectivity index (χ0v) is 18.7. The topological polar surface area (TPSA) is 84.4 Å². The molecule has 2 aromatic carbocycles. The predicted octanol–water partition coefficient (Wildman–Crippen LogP) is 4.69. The van der Waals surface area contributed by atoms with Gasteiger partial charge in [-0.15, -0.1) is 22.7 Å². The van der Waals surface area contributed by atoms with Gasteiger partial charge in [-0.05, 0) is 25.1 Å². The smallest absolute Gasteiger partial charge is 0.268 e. The standard InChI is InChI=1S/C23H18N4O3S2/c1-14-22(29)27(12-20(28)26-23-24-9-10-31-23)18-11-16(7-8-19(18)30-14)17-13-32-21(25-17)15-5-3-2-4-6-15/h2-11,13-14H,12H2,1H3,(H,24,26,28). The van der Waals surface area contributed by atoms with E-state index in [2.05, 4.69) is 10.3 Å². The molecular formula is C23H18N4O3S2. The summed E-state index contributed by atoms with van der Waals surface area (Å²) in [6.45, 7) is 1.55. The molecule has 0 aliphatic carbocycles. The third kappa shape index (κ3) is 4.00. The first-order valence-electron chi connectivity index (χ1n) is 9.91. The first-order chi connectivity index (χ1) is 15.6. The minimum atomic E-state index is -0.676. The van der Waals surface area contributed by atoms with Crippen molar-refractivity contribution in [1.29, 1.82) is 0 Å². The van der Waals surface area contributed by atoms with Gasteiger partial charge in [-0.2, -0.15) is 0 Å². The number of amides is 2. The Morgan fingerprint density at radius 3 is 2.78 bits per heavy atom. The van der Waals surface area contributed by atoms with Gasteiger partial charge in [0.15, 0.2) is 11.2 Å². The van der Waals surface area contributed by atoms with Crippen molar-refractivity contribution in [3.05, 3.63) is 65.5 Å². The third-order valence-corrected chi connectivity index (χ3v) is 6.55. The fourth-order valence-electron chi connectivity index (χ4n) is 3.44. The minimum Gasteiger partial charge on any atom is -0.479 e. The maximum atomic E-state index is 12.9. The van der Waals surface area contributed by atoms with E-state index in [0.717, 1.165) is 21.8 Å². The molecule has 9 heteroatoms. The highest BCUT2D eigenvalue weighted by Gasteiger charge is 2.33. The van der Waals surface area contributed by atoms with Crippen LogP contribution in [0.25, 0.3) is 21.8 Å². The molecular weight excluding hydrogens is 444 g/mol. The molecule has 3 heterocycles. The van der Waals surface area contributed by atoms with Crippen LogP contribution in [0.4, 0.5) is 10.8 Å². The fraction of sp³-hybridized carbons (Fsp3) is 0.130. The van der Waals surface area contributed by atoms with Crippen molar-refractivity contribution >= 4 is 45.3 Å². The van der Waals surface area contributed by atoms with E-state index in [1.165, 1.54) is 16.2 Å². The quantitative estimate of drug-likeness (QED) is 0.465. The zero-order chi connectivity index (χ0) is 22.1. The van der Waals surface area contributed by atoms with E-state index in [4.69, 9.17) is 9.72 Å². The number of carbonyl (C=O) groups excluding carboxylic acids is 2. The normalized spacial score (nSPS) is 15.2. The number of nitrogens with one attached hydrogen (secondary N) is 1. The number of rotatable bonds is 5. The molecule has 0 radical (unpaired) electrons. The molecule has 160 valence electrons. The summed E-state index contributed by atoms with van der Waals surface area (Å²) in [6.07, 6.45) is 0.937. The molecule has 0 fully saturated rings. The highest BCUT2D eigenvalue weighted by Crippen LogP contribution is 2.38. The lowest BCUT2D eigenvalue weighted by atomic mass is 10.1. The molecule has 7 nitrogen and oxygen atoms in total. The van der Waals surface area contributed by atoms with E-state index in [9.17, 15) is 9.59 Å². The molecule has 2 aromatic heterocycles. The van der Waals surface area contributed by atoms with Gasteiger partial charge in [0.1, 0.15) is 17.3 Å². The van der Waals surface area contributed by atoms with Crippen LogP contribution in [0.1, 0.15) is 6.92 Å². The third-order valence-electron chi connectivity index (χ3n) is 4.97. The second kappa shape index (κ2) is 8.52. The van der Waals surface area contributed by atoms with Gasteiger partial charge in [-0.3, -0.25) is 14.5 Å². The van der Waals surface area contributed by atoms with Crippen molar-refractivity contribution in [2.24, 2.45) is 0 Å². The average Bonchev–Trinajstić information content (AvgIpc) is 3.50. The number of benzene rings is 2. The van der Waals surface area contributed by atoms with E-state index in [1.54, 1.807) is 29.8 Å². The molecule has 1 aliphatic heterocycles. The molecule has 4 aromatic rings. The van der Waals surface area contributed by atoms with Gasteiger partial charge in [-0.25, -0.2) is 9.97 Å². The molecule has 32 heavy (non-hydrogen) atoms. The number of fused-ring (bicyclic) bond motifs is 1. The van der Waals surface area contributed by atoms with Crippen molar-refractivity contribution in [2.45, 2.75) is 13.0 Å². The molecule has 2 amide bonds.